The Morgan fingerprint density at radius 2 is 2.00 bits per heavy atom. The second kappa shape index (κ2) is 6.26. The van der Waals surface area contributed by atoms with Gasteiger partial charge in [-0.05, 0) is 51.1 Å². The van der Waals surface area contributed by atoms with Crippen LogP contribution in [0, 0.1) is 13.8 Å². The Kier molecular flexibility index (Phi) is 4.42. The highest BCUT2D eigenvalue weighted by molar-refractivity contribution is 5.89. The number of nitrogens with zero attached hydrogens (tertiary/aromatic N) is 2. The molecule has 110 valence electrons. The summed E-state index contributed by atoms with van der Waals surface area (Å²) in [6, 6.07) is 9.16. The van der Waals surface area contributed by atoms with Crippen LogP contribution in [0.25, 0.3) is 5.69 Å². The Morgan fingerprint density at radius 3 is 2.57 bits per heavy atom. The molecule has 0 atom stereocenters. The van der Waals surface area contributed by atoms with E-state index < -0.39 is 0 Å². The molecule has 1 aromatic carbocycles. The first kappa shape index (κ1) is 14.8. The molecular weight excluding hydrogens is 268 g/mol. The third-order valence-electron chi connectivity index (χ3n) is 3.30. The number of aryl methyl sites for hydroxylation is 1. The molecule has 21 heavy (non-hydrogen) atoms. The maximum atomic E-state index is 11.6. The van der Waals surface area contributed by atoms with Crippen LogP contribution >= 0.6 is 0 Å². The van der Waals surface area contributed by atoms with Gasteiger partial charge in [-0.2, -0.15) is 0 Å². The van der Waals surface area contributed by atoms with E-state index in [0.717, 1.165) is 22.6 Å². The summed E-state index contributed by atoms with van der Waals surface area (Å²) in [7, 11) is 0. The normalized spacial score (nSPS) is 11.0. The van der Waals surface area contributed by atoms with Crippen molar-refractivity contribution in [2.24, 2.45) is 5.16 Å². The molecule has 1 aromatic heterocycles. The Morgan fingerprint density at radius 1 is 1.33 bits per heavy atom. The lowest BCUT2D eigenvalue weighted by molar-refractivity contribution is 0.0526. The van der Waals surface area contributed by atoms with Crippen LogP contribution in [0.2, 0.25) is 0 Å². The number of oxime groups is 1. The molecule has 0 bridgehead atoms. The molecule has 5 heteroatoms. The molecule has 0 aliphatic carbocycles. The molecule has 1 heterocycles. The Bertz CT molecular complexity index is 670. The predicted octanol–water partition coefficient (Wildman–Crippen LogP) is 3.08. The smallest absolute Gasteiger partial charge is 0.338 e. The molecule has 0 spiro atoms. The van der Waals surface area contributed by atoms with Crippen LogP contribution < -0.4 is 0 Å². The van der Waals surface area contributed by atoms with Gasteiger partial charge in [-0.15, -0.1) is 0 Å². The van der Waals surface area contributed by atoms with E-state index in [0.29, 0.717) is 12.2 Å². The van der Waals surface area contributed by atoms with Crippen LogP contribution in [-0.2, 0) is 4.74 Å². The number of carbonyl (C=O) groups is 1. The van der Waals surface area contributed by atoms with Crippen molar-refractivity contribution in [3.8, 4) is 5.69 Å². The molecular formula is C16H18N2O3. The molecule has 0 aliphatic heterocycles. The number of aromatic nitrogens is 1. The fourth-order valence-electron chi connectivity index (χ4n) is 2.34. The minimum absolute atomic E-state index is 0.321. The predicted molar refractivity (Wildman–Crippen MR) is 80.6 cm³/mol. The first-order valence-electron chi connectivity index (χ1n) is 6.72. The zero-order valence-electron chi connectivity index (χ0n) is 12.3. The second-order valence-corrected chi connectivity index (χ2v) is 4.67. The number of ether oxygens (including phenoxy) is 1. The molecule has 0 saturated carbocycles. The third kappa shape index (κ3) is 2.97. The van der Waals surface area contributed by atoms with E-state index >= 15 is 0 Å². The molecule has 0 saturated heterocycles. The van der Waals surface area contributed by atoms with Gasteiger partial charge in [0.15, 0.2) is 0 Å². The summed E-state index contributed by atoms with van der Waals surface area (Å²) in [4.78, 5) is 11.6. The van der Waals surface area contributed by atoms with Crippen LogP contribution in [0.15, 0.2) is 35.5 Å². The maximum absolute atomic E-state index is 11.6. The number of hydrogen-bond acceptors (Lipinski definition) is 4. The summed E-state index contributed by atoms with van der Waals surface area (Å²) in [5, 5.41) is 11.7. The number of rotatable bonds is 4. The van der Waals surface area contributed by atoms with Gasteiger partial charge in [0.25, 0.3) is 0 Å². The number of carbonyl (C=O) groups excluding carboxylic acids is 1. The lowest BCUT2D eigenvalue weighted by Gasteiger charge is -2.10. The quantitative estimate of drug-likeness (QED) is 0.406. The average Bonchev–Trinajstić information content (AvgIpc) is 2.74. The SMILES string of the molecule is CCOC(=O)c1ccc(-n2c(C)cc(C=NO)c2C)cc1. The number of esters is 1. The molecule has 0 unspecified atom stereocenters. The van der Waals surface area contributed by atoms with Crippen molar-refractivity contribution in [2.45, 2.75) is 20.8 Å². The number of hydrogen-bond donors (Lipinski definition) is 1. The molecule has 2 aromatic rings. The van der Waals surface area contributed by atoms with E-state index in [2.05, 4.69) is 5.16 Å². The topological polar surface area (TPSA) is 63.8 Å². The summed E-state index contributed by atoms with van der Waals surface area (Å²) in [5.74, 6) is -0.321. The zero-order chi connectivity index (χ0) is 15.4. The van der Waals surface area contributed by atoms with Gasteiger partial charge in [0, 0.05) is 22.6 Å². The van der Waals surface area contributed by atoms with Gasteiger partial charge in [-0.1, -0.05) is 5.16 Å². The van der Waals surface area contributed by atoms with E-state index in [1.54, 1.807) is 19.1 Å². The lowest BCUT2D eigenvalue weighted by Crippen LogP contribution is -2.05. The van der Waals surface area contributed by atoms with Gasteiger partial charge < -0.3 is 14.5 Å². The summed E-state index contributed by atoms with van der Waals surface area (Å²) < 4.78 is 7.00. The van der Waals surface area contributed by atoms with E-state index in [4.69, 9.17) is 9.94 Å². The highest BCUT2D eigenvalue weighted by Gasteiger charge is 2.11. The van der Waals surface area contributed by atoms with E-state index in [1.165, 1.54) is 6.21 Å². The van der Waals surface area contributed by atoms with Crippen molar-refractivity contribution in [2.75, 3.05) is 6.61 Å². The molecule has 0 amide bonds. The van der Waals surface area contributed by atoms with Gasteiger partial charge >= 0.3 is 5.97 Å². The van der Waals surface area contributed by atoms with Crippen LogP contribution in [-0.4, -0.2) is 28.6 Å². The molecule has 0 fully saturated rings. The van der Waals surface area contributed by atoms with Crippen molar-refractivity contribution < 1.29 is 14.7 Å². The fourth-order valence-corrected chi connectivity index (χ4v) is 2.34. The Labute approximate surface area is 123 Å². The van der Waals surface area contributed by atoms with Crippen LogP contribution in [0.4, 0.5) is 0 Å². The van der Waals surface area contributed by atoms with Crippen molar-refractivity contribution in [3.63, 3.8) is 0 Å². The molecule has 0 aliphatic rings. The number of benzene rings is 1. The van der Waals surface area contributed by atoms with Crippen molar-refractivity contribution in [3.05, 3.63) is 52.8 Å². The summed E-state index contributed by atoms with van der Waals surface area (Å²) >= 11 is 0. The minimum atomic E-state index is -0.321. The Balaban J connectivity index is 2.37. The maximum Gasteiger partial charge on any atom is 0.338 e. The first-order valence-corrected chi connectivity index (χ1v) is 6.72. The van der Waals surface area contributed by atoms with Gasteiger partial charge in [0.05, 0.1) is 18.4 Å². The van der Waals surface area contributed by atoms with Crippen LogP contribution in [0.5, 0.6) is 0 Å². The summed E-state index contributed by atoms with van der Waals surface area (Å²) in [5.41, 5.74) is 4.31. The van der Waals surface area contributed by atoms with Crippen molar-refractivity contribution >= 4 is 12.2 Å². The van der Waals surface area contributed by atoms with Crippen molar-refractivity contribution in [1.29, 1.82) is 0 Å². The zero-order valence-corrected chi connectivity index (χ0v) is 12.3. The highest BCUT2D eigenvalue weighted by atomic mass is 16.5. The van der Waals surface area contributed by atoms with Crippen LogP contribution in [0.1, 0.15) is 34.2 Å². The molecule has 0 radical (unpaired) electrons. The van der Waals surface area contributed by atoms with Crippen LogP contribution in [0.3, 0.4) is 0 Å². The monoisotopic (exact) mass is 286 g/mol. The van der Waals surface area contributed by atoms with Gasteiger partial charge in [-0.25, -0.2) is 4.79 Å². The summed E-state index contributed by atoms with van der Waals surface area (Å²) in [6.07, 6.45) is 1.41. The van der Waals surface area contributed by atoms with E-state index in [9.17, 15) is 4.79 Å². The Hall–Kier alpha value is -2.56. The van der Waals surface area contributed by atoms with Gasteiger partial charge in [0.2, 0.25) is 0 Å². The average molecular weight is 286 g/mol. The van der Waals surface area contributed by atoms with Gasteiger partial charge in [0.1, 0.15) is 0 Å². The highest BCUT2D eigenvalue weighted by Crippen LogP contribution is 2.20. The minimum Gasteiger partial charge on any atom is -0.462 e. The first-order chi connectivity index (χ1) is 10.1. The fraction of sp³-hybridized carbons (Fsp3) is 0.250. The van der Waals surface area contributed by atoms with E-state index in [1.807, 2.05) is 36.6 Å². The van der Waals surface area contributed by atoms with Crippen molar-refractivity contribution in [1.82, 2.24) is 4.57 Å². The molecule has 2 rings (SSSR count). The largest absolute Gasteiger partial charge is 0.462 e. The second-order valence-electron chi connectivity index (χ2n) is 4.67. The third-order valence-corrected chi connectivity index (χ3v) is 3.30. The molecule has 5 nitrogen and oxygen atoms in total. The van der Waals surface area contributed by atoms with E-state index in [-0.39, 0.29) is 5.97 Å². The molecule has 1 N–H and O–H groups in total. The summed E-state index contributed by atoms with van der Waals surface area (Å²) in [6.45, 7) is 6.06. The lowest BCUT2D eigenvalue weighted by atomic mass is 10.2. The standard InChI is InChI=1S/C16H18N2O3/c1-4-21-16(19)13-5-7-15(8-6-13)18-11(2)9-14(10-17-20)12(18)3/h5-10,20H,4H2,1-3H3. The van der Waals surface area contributed by atoms with Gasteiger partial charge in [-0.3, -0.25) is 0 Å².